The number of aryl methyl sites for hydroxylation is 1. The molecule has 0 bridgehead atoms. The first-order valence-corrected chi connectivity index (χ1v) is 7.60. The van der Waals surface area contributed by atoms with Crippen LogP contribution in [0.3, 0.4) is 0 Å². The summed E-state index contributed by atoms with van der Waals surface area (Å²) in [5, 5.41) is 12.0. The first-order valence-electron chi connectivity index (χ1n) is 7.60. The number of oxazole rings is 1. The van der Waals surface area contributed by atoms with Crippen molar-refractivity contribution in [3.63, 3.8) is 0 Å². The molecule has 24 heavy (non-hydrogen) atoms. The molecule has 1 aliphatic rings. The predicted octanol–water partition coefficient (Wildman–Crippen LogP) is 2.73. The molecule has 1 amide bonds. The molecule has 1 fully saturated rings. The number of nitrogens with one attached hydrogen (secondary N) is 1. The fraction of sp³-hybridized carbons (Fsp3) is 0.353. The Bertz CT molecular complexity index is 795. The van der Waals surface area contributed by atoms with Crippen molar-refractivity contribution in [2.75, 3.05) is 0 Å². The molecule has 1 aromatic heterocycles. The maximum atomic E-state index is 13.1. The Morgan fingerprint density at radius 1 is 1.33 bits per heavy atom. The van der Waals surface area contributed by atoms with Gasteiger partial charge in [0.25, 0.3) is 5.91 Å². The summed E-state index contributed by atoms with van der Waals surface area (Å²) in [7, 11) is 0. The molecule has 0 radical (unpaired) electrons. The number of aliphatic carboxylic acids is 1. The van der Waals surface area contributed by atoms with Gasteiger partial charge in [-0.25, -0.2) is 14.2 Å². The molecule has 7 heteroatoms. The highest BCUT2D eigenvalue weighted by atomic mass is 19.1. The van der Waals surface area contributed by atoms with Crippen molar-refractivity contribution in [3.8, 4) is 0 Å². The molecule has 0 saturated heterocycles. The molecule has 1 heterocycles. The summed E-state index contributed by atoms with van der Waals surface area (Å²) < 4.78 is 18.6. The van der Waals surface area contributed by atoms with E-state index < -0.39 is 23.2 Å². The van der Waals surface area contributed by atoms with Crippen LogP contribution in [-0.2, 0) is 10.3 Å². The van der Waals surface area contributed by atoms with Crippen molar-refractivity contribution in [2.45, 2.75) is 38.1 Å². The second kappa shape index (κ2) is 5.74. The van der Waals surface area contributed by atoms with Gasteiger partial charge < -0.3 is 14.8 Å². The lowest BCUT2D eigenvalue weighted by Crippen LogP contribution is -2.49. The average Bonchev–Trinajstić information content (AvgIpc) is 3.30. The molecule has 1 saturated carbocycles. The number of halogens is 1. The highest BCUT2D eigenvalue weighted by Gasteiger charge is 2.39. The van der Waals surface area contributed by atoms with E-state index in [9.17, 15) is 19.1 Å². The highest BCUT2D eigenvalue weighted by molar-refractivity contribution is 5.96. The molecular formula is C17H17FN2O4. The van der Waals surface area contributed by atoms with Crippen molar-refractivity contribution in [1.82, 2.24) is 10.3 Å². The number of hydrogen-bond acceptors (Lipinski definition) is 4. The molecule has 1 atom stereocenters. The number of benzene rings is 1. The lowest BCUT2D eigenvalue weighted by Gasteiger charge is -2.26. The SMILES string of the molecule is Cc1nc(C2CC2)oc1C(=O)NC(C)(C(=O)O)c1ccc(F)cc1. The fourth-order valence-electron chi connectivity index (χ4n) is 2.45. The van der Waals surface area contributed by atoms with Gasteiger partial charge in [0.15, 0.2) is 11.4 Å². The van der Waals surface area contributed by atoms with Gasteiger partial charge in [0.2, 0.25) is 5.76 Å². The third-order valence-corrected chi connectivity index (χ3v) is 4.16. The maximum absolute atomic E-state index is 13.1. The van der Waals surface area contributed by atoms with Gasteiger partial charge in [0.1, 0.15) is 5.82 Å². The number of aromatic nitrogens is 1. The van der Waals surface area contributed by atoms with Crippen molar-refractivity contribution in [2.24, 2.45) is 0 Å². The standard InChI is InChI=1S/C17H17FN2O4/c1-9-13(24-15(19-9)10-3-4-10)14(21)20-17(2,16(22)23)11-5-7-12(18)8-6-11/h5-8,10H,3-4H2,1-2H3,(H,20,21)(H,22,23). The predicted molar refractivity (Wildman–Crippen MR) is 82.1 cm³/mol. The van der Waals surface area contributed by atoms with E-state index in [2.05, 4.69) is 10.3 Å². The minimum atomic E-state index is -1.72. The lowest BCUT2D eigenvalue weighted by molar-refractivity contribution is -0.144. The van der Waals surface area contributed by atoms with Gasteiger partial charge >= 0.3 is 5.97 Å². The zero-order chi connectivity index (χ0) is 17.5. The van der Waals surface area contributed by atoms with E-state index in [-0.39, 0.29) is 17.2 Å². The smallest absolute Gasteiger partial charge is 0.333 e. The number of nitrogens with zero attached hydrogens (tertiary/aromatic N) is 1. The first kappa shape index (κ1) is 16.2. The van der Waals surface area contributed by atoms with Gasteiger partial charge in [0.05, 0.1) is 5.69 Å². The van der Waals surface area contributed by atoms with Gasteiger partial charge in [-0.1, -0.05) is 12.1 Å². The Hall–Kier alpha value is -2.70. The Labute approximate surface area is 137 Å². The summed E-state index contributed by atoms with van der Waals surface area (Å²) >= 11 is 0. The van der Waals surface area contributed by atoms with Crippen LogP contribution >= 0.6 is 0 Å². The zero-order valence-corrected chi connectivity index (χ0v) is 13.3. The summed E-state index contributed by atoms with van der Waals surface area (Å²) in [5.74, 6) is -1.66. The molecule has 2 N–H and O–H groups in total. The summed E-state index contributed by atoms with van der Waals surface area (Å²) in [6.07, 6.45) is 1.95. The number of carboxylic acids is 1. The quantitative estimate of drug-likeness (QED) is 0.878. The molecular weight excluding hydrogens is 315 g/mol. The molecule has 3 rings (SSSR count). The largest absolute Gasteiger partial charge is 0.479 e. The number of amides is 1. The normalized spacial score (nSPS) is 16.5. The second-order valence-electron chi connectivity index (χ2n) is 6.13. The maximum Gasteiger partial charge on any atom is 0.333 e. The van der Waals surface area contributed by atoms with Crippen LogP contribution in [0.25, 0.3) is 0 Å². The number of carboxylic acid groups (broad SMARTS) is 1. The molecule has 0 aliphatic heterocycles. The lowest BCUT2D eigenvalue weighted by atomic mass is 9.92. The van der Waals surface area contributed by atoms with Gasteiger partial charge in [0, 0.05) is 5.92 Å². The Balaban J connectivity index is 1.89. The minimum absolute atomic E-state index is 0.00601. The summed E-state index contributed by atoms with van der Waals surface area (Å²) in [5.41, 5.74) is -1.05. The van der Waals surface area contributed by atoms with Crippen molar-refractivity contribution in [1.29, 1.82) is 0 Å². The van der Waals surface area contributed by atoms with Crippen LogP contribution in [0.4, 0.5) is 4.39 Å². The van der Waals surface area contributed by atoms with Crippen LogP contribution in [0.5, 0.6) is 0 Å². The van der Waals surface area contributed by atoms with E-state index in [1.54, 1.807) is 6.92 Å². The van der Waals surface area contributed by atoms with Crippen LogP contribution in [0.1, 0.15) is 53.4 Å². The van der Waals surface area contributed by atoms with E-state index in [0.29, 0.717) is 11.6 Å². The topological polar surface area (TPSA) is 92.4 Å². The molecule has 0 spiro atoms. The molecule has 1 unspecified atom stereocenters. The Kier molecular flexibility index (Phi) is 3.87. The average molecular weight is 332 g/mol. The third-order valence-electron chi connectivity index (χ3n) is 4.16. The van der Waals surface area contributed by atoms with Crippen molar-refractivity contribution < 1.29 is 23.5 Å². The number of rotatable bonds is 5. The van der Waals surface area contributed by atoms with Crippen LogP contribution in [-0.4, -0.2) is 22.0 Å². The molecule has 1 aromatic carbocycles. The monoisotopic (exact) mass is 332 g/mol. The Morgan fingerprint density at radius 3 is 2.50 bits per heavy atom. The van der Waals surface area contributed by atoms with E-state index in [4.69, 9.17) is 4.42 Å². The number of carbonyl (C=O) groups excluding carboxylic acids is 1. The molecule has 1 aliphatic carbocycles. The molecule has 126 valence electrons. The van der Waals surface area contributed by atoms with E-state index in [1.807, 2.05) is 0 Å². The Morgan fingerprint density at radius 2 is 1.96 bits per heavy atom. The van der Waals surface area contributed by atoms with Crippen LogP contribution in [0.2, 0.25) is 0 Å². The minimum Gasteiger partial charge on any atom is -0.479 e. The summed E-state index contributed by atoms with van der Waals surface area (Å²) in [6, 6.07) is 4.94. The van der Waals surface area contributed by atoms with E-state index in [1.165, 1.54) is 19.1 Å². The van der Waals surface area contributed by atoms with Crippen LogP contribution in [0, 0.1) is 12.7 Å². The van der Waals surface area contributed by atoms with Crippen molar-refractivity contribution in [3.05, 3.63) is 53.0 Å². The van der Waals surface area contributed by atoms with Gasteiger partial charge in [-0.2, -0.15) is 0 Å². The molecule has 6 nitrogen and oxygen atoms in total. The zero-order valence-electron chi connectivity index (χ0n) is 13.3. The first-order chi connectivity index (χ1) is 11.3. The highest BCUT2D eigenvalue weighted by Crippen LogP contribution is 2.40. The van der Waals surface area contributed by atoms with Gasteiger partial charge in [-0.05, 0) is 44.4 Å². The van der Waals surface area contributed by atoms with Gasteiger partial charge in [-0.3, -0.25) is 4.79 Å². The number of hydrogen-bond donors (Lipinski definition) is 2. The second-order valence-corrected chi connectivity index (χ2v) is 6.13. The van der Waals surface area contributed by atoms with E-state index >= 15 is 0 Å². The summed E-state index contributed by atoms with van der Waals surface area (Å²) in [6.45, 7) is 2.98. The van der Waals surface area contributed by atoms with E-state index in [0.717, 1.165) is 25.0 Å². The summed E-state index contributed by atoms with van der Waals surface area (Å²) in [4.78, 5) is 28.5. The molecule has 2 aromatic rings. The van der Waals surface area contributed by atoms with Crippen LogP contribution < -0.4 is 5.32 Å². The van der Waals surface area contributed by atoms with Crippen molar-refractivity contribution >= 4 is 11.9 Å². The van der Waals surface area contributed by atoms with Crippen LogP contribution in [0.15, 0.2) is 28.7 Å². The fourth-order valence-corrected chi connectivity index (χ4v) is 2.45. The third kappa shape index (κ3) is 2.89. The van der Waals surface area contributed by atoms with Gasteiger partial charge in [-0.15, -0.1) is 0 Å². The number of carbonyl (C=O) groups is 2.